The number of aryl methyl sites for hydroxylation is 1. The van der Waals surface area contributed by atoms with Crippen molar-refractivity contribution >= 4 is 29.4 Å². The fourth-order valence-electron chi connectivity index (χ4n) is 3.47. The Hall–Kier alpha value is -3.00. The van der Waals surface area contributed by atoms with Crippen LogP contribution in [0.15, 0.2) is 42.0 Å². The topological polar surface area (TPSA) is 80.2 Å². The maximum absolute atomic E-state index is 10.5. The first-order valence-electron chi connectivity index (χ1n) is 10.2. The van der Waals surface area contributed by atoms with Gasteiger partial charge in [-0.05, 0) is 49.1 Å². The molecule has 1 fully saturated rings. The first kappa shape index (κ1) is 20.3. The maximum Gasteiger partial charge on any atom is 0.225 e. The predicted octanol–water partition coefficient (Wildman–Crippen LogP) is 4.03. The summed E-state index contributed by atoms with van der Waals surface area (Å²) in [5.74, 6) is 2.06. The molecule has 1 aliphatic rings. The zero-order valence-corrected chi connectivity index (χ0v) is 17.8. The number of carbonyl (C=O) groups excluding carboxylic acids is 1. The normalized spacial score (nSPS) is 14.5. The Kier molecular flexibility index (Phi) is 6.53. The Morgan fingerprint density at radius 1 is 1.20 bits per heavy atom. The number of carbonyl (C=O) groups is 1. The second-order valence-corrected chi connectivity index (χ2v) is 8.15. The van der Waals surface area contributed by atoms with Crippen LogP contribution >= 0.6 is 11.3 Å². The largest absolute Gasteiger partial charge is 0.487 e. The number of nitrogens with one attached hydrogen (secondary N) is 1. The number of hydrogen-bond acceptors (Lipinski definition) is 7. The summed E-state index contributed by atoms with van der Waals surface area (Å²) in [6, 6.07) is 7.29. The zero-order chi connectivity index (χ0) is 20.8. The molecule has 1 N–H and O–H groups in total. The molecule has 3 heterocycles. The van der Waals surface area contributed by atoms with Gasteiger partial charge < -0.3 is 15.0 Å². The van der Waals surface area contributed by atoms with Crippen LogP contribution in [0.25, 0.3) is 0 Å². The van der Waals surface area contributed by atoms with E-state index in [0.29, 0.717) is 18.9 Å². The third kappa shape index (κ3) is 4.94. The highest BCUT2D eigenvalue weighted by atomic mass is 32.1. The molecule has 1 amide bonds. The Labute approximate surface area is 180 Å². The number of benzene rings is 1. The van der Waals surface area contributed by atoms with Crippen molar-refractivity contribution in [1.82, 2.24) is 15.0 Å². The van der Waals surface area contributed by atoms with Gasteiger partial charge in [-0.25, -0.2) is 15.0 Å². The molecule has 1 aromatic carbocycles. The second kappa shape index (κ2) is 9.67. The van der Waals surface area contributed by atoms with E-state index >= 15 is 0 Å². The van der Waals surface area contributed by atoms with Crippen LogP contribution < -0.4 is 15.0 Å². The Morgan fingerprint density at radius 2 is 1.93 bits per heavy atom. The molecule has 0 aliphatic carbocycles. The molecule has 0 bridgehead atoms. The van der Waals surface area contributed by atoms with Crippen LogP contribution in [0.5, 0.6) is 5.75 Å². The summed E-state index contributed by atoms with van der Waals surface area (Å²) in [5, 5.41) is 5.87. The molecular weight excluding hydrogens is 398 g/mol. The molecule has 0 atom stereocenters. The summed E-state index contributed by atoms with van der Waals surface area (Å²) in [7, 11) is 0. The van der Waals surface area contributed by atoms with E-state index in [1.165, 1.54) is 10.6 Å². The van der Waals surface area contributed by atoms with Gasteiger partial charge >= 0.3 is 0 Å². The van der Waals surface area contributed by atoms with Crippen molar-refractivity contribution in [1.29, 1.82) is 0 Å². The van der Waals surface area contributed by atoms with Crippen molar-refractivity contribution in [2.45, 2.75) is 38.7 Å². The van der Waals surface area contributed by atoms with E-state index in [1.54, 1.807) is 11.3 Å². The first-order valence-corrected chi connectivity index (χ1v) is 11.1. The van der Waals surface area contributed by atoms with Gasteiger partial charge in [0.2, 0.25) is 12.4 Å². The predicted molar refractivity (Wildman–Crippen MR) is 118 cm³/mol. The molecule has 2 aromatic heterocycles. The summed E-state index contributed by atoms with van der Waals surface area (Å²) < 4.78 is 5.82. The van der Waals surface area contributed by atoms with Crippen LogP contribution in [0, 0.1) is 0 Å². The minimum atomic E-state index is 0.438. The molecule has 8 heteroatoms. The quantitative estimate of drug-likeness (QED) is 0.551. The van der Waals surface area contributed by atoms with Crippen molar-refractivity contribution in [2.75, 3.05) is 23.3 Å². The molecule has 7 nitrogen and oxygen atoms in total. The van der Waals surface area contributed by atoms with Gasteiger partial charge in [-0.1, -0.05) is 6.92 Å². The molecule has 3 aromatic rings. The van der Waals surface area contributed by atoms with E-state index in [-0.39, 0.29) is 0 Å². The lowest BCUT2D eigenvalue weighted by Gasteiger charge is -2.31. The molecular formula is C22H25N5O2S. The van der Waals surface area contributed by atoms with Crippen molar-refractivity contribution in [3.05, 3.63) is 58.3 Å². The standard InChI is InChI=1S/C22H25N5O2S/c1-2-16-11-23-22(24-12-16)27-9-7-17(8-10-27)21-26-19(14-30-21)13-29-20-5-3-18(4-6-20)25-15-28/h3-6,11-12,14-15,17H,2,7-10,13H2,1H3,(H,25,28). The number of piperidine rings is 1. The lowest BCUT2D eigenvalue weighted by molar-refractivity contribution is -0.105. The Bertz CT molecular complexity index is 950. The third-order valence-electron chi connectivity index (χ3n) is 5.26. The van der Waals surface area contributed by atoms with Crippen molar-refractivity contribution in [3.63, 3.8) is 0 Å². The van der Waals surface area contributed by atoms with Crippen molar-refractivity contribution in [2.24, 2.45) is 0 Å². The van der Waals surface area contributed by atoms with Crippen LogP contribution in [0.1, 0.15) is 41.9 Å². The van der Waals surface area contributed by atoms with E-state index in [1.807, 2.05) is 36.7 Å². The van der Waals surface area contributed by atoms with E-state index in [9.17, 15) is 4.79 Å². The summed E-state index contributed by atoms with van der Waals surface area (Å²) in [6.45, 7) is 4.44. The summed E-state index contributed by atoms with van der Waals surface area (Å²) in [4.78, 5) is 26.5. The highest BCUT2D eigenvalue weighted by Crippen LogP contribution is 2.31. The number of hydrogen-bond donors (Lipinski definition) is 1. The van der Waals surface area contributed by atoms with Crippen molar-refractivity contribution in [3.8, 4) is 5.75 Å². The van der Waals surface area contributed by atoms with Gasteiger partial charge in [-0.15, -0.1) is 11.3 Å². The number of anilines is 2. The molecule has 0 saturated carbocycles. The molecule has 0 radical (unpaired) electrons. The average Bonchev–Trinajstić information content (AvgIpc) is 3.28. The van der Waals surface area contributed by atoms with Crippen LogP contribution in [-0.4, -0.2) is 34.5 Å². The third-order valence-corrected chi connectivity index (χ3v) is 6.32. The van der Waals surface area contributed by atoms with E-state index in [4.69, 9.17) is 9.72 Å². The molecule has 1 saturated heterocycles. The monoisotopic (exact) mass is 423 g/mol. The van der Waals surface area contributed by atoms with Crippen LogP contribution in [-0.2, 0) is 17.8 Å². The maximum atomic E-state index is 10.5. The number of ether oxygens (including phenoxy) is 1. The minimum absolute atomic E-state index is 0.438. The van der Waals surface area contributed by atoms with Gasteiger partial charge in [0.25, 0.3) is 0 Å². The molecule has 0 spiro atoms. The number of amides is 1. The Balaban J connectivity index is 1.28. The van der Waals surface area contributed by atoms with Gasteiger partial charge in [-0.2, -0.15) is 0 Å². The van der Waals surface area contributed by atoms with E-state index < -0.39 is 0 Å². The van der Waals surface area contributed by atoms with Gasteiger partial charge in [0.1, 0.15) is 12.4 Å². The number of aromatic nitrogens is 3. The molecule has 30 heavy (non-hydrogen) atoms. The second-order valence-electron chi connectivity index (χ2n) is 7.26. The number of nitrogens with zero attached hydrogens (tertiary/aromatic N) is 4. The summed E-state index contributed by atoms with van der Waals surface area (Å²) >= 11 is 1.71. The molecule has 1 aliphatic heterocycles. The van der Waals surface area contributed by atoms with Crippen LogP contribution in [0.4, 0.5) is 11.6 Å². The smallest absolute Gasteiger partial charge is 0.225 e. The number of rotatable bonds is 8. The first-order chi connectivity index (χ1) is 14.7. The molecule has 0 unspecified atom stereocenters. The van der Waals surface area contributed by atoms with Crippen molar-refractivity contribution < 1.29 is 9.53 Å². The fourth-order valence-corrected chi connectivity index (χ4v) is 4.45. The fraction of sp³-hybridized carbons (Fsp3) is 0.364. The van der Waals surface area contributed by atoms with E-state index in [2.05, 4.69) is 32.5 Å². The summed E-state index contributed by atoms with van der Waals surface area (Å²) in [6.07, 6.45) is 7.57. The Morgan fingerprint density at radius 3 is 2.60 bits per heavy atom. The summed E-state index contributed by atoms with van der Waals surface area (Å²) in [5.41, 5.74) is 2.86. The lowest BCUT2D eigenvalue weighted by Crippen LogP contribution is -2.34. The molecule has 156 valence electrons. The van der Waals surface area contributed by atoms with Gasteiger partial charge in [0.05, 0.1) is 10.7 Å². The van der Waals surface area contributed by atoms with Gasteiger partial charge in [-0.3, -0.25) is 4.79 Å². The number of thiazole rings is 1. The minimum Gasteiger partial charge on any atom is -0.487 e. The average molecular weight is 424 g/mol. The van der Waals surface area contributed by atoms with Gasteiger partial charge in [0.15, 0.2) is 0 Å². The van der Waals surface area contributed by atoms with Crippen LogP contribution in [0.2, 0.25) is 0 Å². The lowest BCUT2D eigenvalue weighted by atomic mass is 9.98. The zero-order valence-electron chi connectivity index (χ0n) is 17.0. The SMILES string of the molecule is CCc1cnc(N2CCC(c3nc(COc4ccc(NC=O)cc4)cs3)CC2)nc1. The van der Waals surface area contributed by atoms with Crippen LogP contribution in [0.3, 0.4) is 0 Å². The molecule has 4 rings (SSSR count). The highest BCUT2D eigenvalue weighted by Gasteiger charge is 2.24. The van der Waals surface area contributed by atoms with Gasteiger partial charge in [0, 0.05) is 42.5 Å². The highest BCUT2D eigenvalue weighted by molar-refractivity contribution is 7.09. The van der Waals surface area contributed by atoms with E-state index in [0.717, 1.165) is 55.4 Å².